The number of halogens is 2. The Hall–Kier alpha value is -4.02. The highest BCUT2D eigenvalue weighted by Crippen LogP contribution is 2.33. The summed E-state index contributed by atoms with van der Waals surface area (Å²) < 4.78 is 36.9. The molecule has 2 heterocycles. The van der Waals surface area contributed by atoms with E-state index >= 15 is 0 Å². The molecule has 2 aromatic carbocycles. The lowest BCUT2D eigenvalue weighted by atomic mass is 10.1. The predicted octanol–water partition coefficient (Wildman–Crippen LogP) is 2.63. The Morgan fingerprint density at radius 1 is 1.06 bits per heavy atom. The summed E-state index contributed by atoms with van der Waals surface area (Å²) >= 11 is 0. The smallest absolute Gasteiger partial charge is 0.387 e. The number of anilines is 1. The third-order valence-electron chi connectivity index (χ3n) is 5.17. The maximum Gasteiger partial charge on any atom is 0.387 e. The molecule has 0 spiro atoms. The largest absolute Gasteiger partial charge is 0.493 e. The highest BCUT2D eigenvalue weighted by Gasteiger charge is 2.24. The molecule has 11 heteroatoms. The summed E-state index contributed by atoms with van der Waals surface area (Å²) in [5, 5.41) is 12.0. The molecule has 1 aliphatic rings. The molecule has 33 heavy (non-hydrogen) atoms. The number of piperazine rings is 1. The van der Waals surface area contributed by atoms with Crippen molar-refractivity contribution in [3.8, 4) is 17.2 Å². The van der Waals surface area contributed by atoms with E-state index in [4.69, 9.17) is 4.74 Å². The van der Waals surface area contributed by atoms with Gasteiger partial charge >= 0.3 is 6.61 Å². The highest BCUT2D eigenvalue weighted by atomic mass is 19.3. The number of hydrogen-bond acceptors (Lipinski definition) is 7. The summed E-state index contributed by atoms with van der Waals surface area (Å²) in [5.41, 5.74) is 1.17. The number of tetrazole rings is 1. The van der Waals surface area contributed by atoms with E-state index in [9.17, 15) is 13.6 Å². The first-order chi connectivity index (χ1) is 16.1. The summed E-state index contributed by atoms with van der Waals surface area (Å²) in [7, 11) is 1.36. The number of methoxy groups -OCH3 is 1. The Labute approximate surface area is 188 Å². The van der Waals surface area contributed by atoms with E-state index in [1.165, 1.54) is 25.3 Å². The molecule has 1 amide bonds. The van der Waals surface area contributed by atoms with E-state index in [1.807, 2.05) is 35.2 Å². The molecule has 172 valence electrons. The van der Waals surface area contributed by atoms with Gasteiger partial charge in [-0.2, -0.15) is 13.5 Å². The summed E-state index contributed by atoms with van der Waals surface area (Å²) in [6.45, 7) is -0.992. The fourth-order valence-electron chi connectivity index (χ4n) is 3.55. The molecular weight excluding hydrogens is 434 g/mol. The number of aromatic nitrogens is 4. The molecule has 0 radical (unpaired) electrons. The van der Waals surface area contributed by atoms with Crippen molar-refractivity contribution in [2.75, 3.05) is 38.2 Å². The predicted molar refractivity (Wildman–Crippen MR) is 117 cm³/mol. The highest BCUT2D eigenvalue weighted by molar-refractivity contribution is 5.92. The maximum atomic E-state index is 12.8. The van der Waals surface area contributed by atoms with Gasteiger partial charge in [0.15, 0.2) is 11.5 Å². The minimum atomic E-state index is -3.01. The molecule has 0 N–H and O–H groups in total. The van der Waals surface area contributed by atoms with Gasteiger partial charge in [0.05, 0.1) is 12.8 Å². The van der Waals surface area contributed by atoms with Gasteiger partial charge in [-0.15, -0.1) is 0 Å². The van der Waals surface area contributed by atoms with E-state index in [1.54, 1.807) is 21.7 Å². The van der Waals surface area contributed by atoms with Crippen molar-refractivity contribution < 1.29 is 23.0 Å². The van der Waals surface area contributed by atoms with E-state index < -0.39 is 6.61 Å². The molecule has 9 nitrogen and oxygen atoms in total. The van der Waals surface area contributed by atoms with Crippen LogP contribution in [0.2, 0.25) is 0 Å². The number of rotatable bonds is 7. The van der Waals surface area contributed by atoms with E-state index in [-0.39, 0.29) is 17.4 Å². The lowest BCUT2D eigenvalue weighted by Gasteiger charge is -2.34. The minimum Gasteiger partial charge on any atom is -0.493 e. The molecule has 0 atom stereocenters. The van der Waals surface area contributed by atoms with Crippen LogP contribution in [-0.4, -0.2) is 70.9 Å². The average Bonchev–Trinajstić information content (AvgIpc) is 3.33. The third-order valence-corrected chi connectivity index (χ3v) is 5.17. The number of hydrogen-bond donors (Lipinski definition) is 0. The fourth-order valence-corrected chi connectivity index (χ4v) is 3.55. The minimum absolute atomic E-state index is 0.114. The molecule has 0 saturated carbocycles. The molecule has 4 rings (SSSR count). The van der Waals surface area contributed by atoms with Crippen LogP contribution in [-0.2, 0) is 4.79 Å². The summed E-state index contributed by atoms with van der Waals surface area (Å²) in [4.78, 5) is 16.4. The summed E-state index contributed by atoms with van der Waals surface area (Å²) in [6.07, 6.45) is 2.79. The second-order valence-electron chi connectivity index (χ2n) is 7.13. The van der Waals surface area contributed by atoms with Crippen molar-refractivity contribution in [3.63, 3.8) is 0 Å². The molecule has 1 aliphatic heterocycles. The number of benzene rings is 2. The molecule has 1 aromatic heterocycles. The van der Waals surface area contributed by atoms with Gasteiger partial charge in [-0.25, -0.2) is 0 Å². The number of carbonyl (C=O) groups excluding carboxylic acids is 1. The van der Waals surface area contributed by atoms with Crippen LogP contribution in [0.5, 0.6) is 11.5 Å². The summed E-state index contributed by atoms with van der Waals surface area (Å²) in [6, 6.07) is 14.3. The van der Waals surface area contributed by atoms with Crippen LogP contribution in [0.1, 0.15) is 5.56 Å². The first-order valence-electron chi connectivity index (χ1n) is 10.2. The van der Waals surface area contributed by atoms with Gasteiger partial charge in [0.25, 0.3) is 0 Å². The van der Waals surface area contributed by atoms with Gasteiger partial charge < -0.3 is 19.3 Å². The second-order valence-corrected chi connectivity index (χ2v) is 7.13. The van der Waals surface area contributed by atoms with E-state index in [0.29, 0.717) is 37.7 Å². The Balaban J connectivity index is 1.41. The third kappa shape index (κ3) is 5.08. The van der Waals surface area contributed by atoms with Crippen LogP contribution in [0, 0.1) is 0 Å². The molecule has 0 aliphatic carbocycles. The molecule has 1 saturated heterocycles. The second kappa shape index (κ2) is 10.1. The van der Waals surface area contributed by atoms with Crippen LogP contribution in [0.25, 0.3) is 11.8 Å². The maximum absolute atomic E-state index is 12.8. The van der Waals surface area contributed by atoms with Gasteiger partial charge in [0.1, 0.15) is 0 Å². The number of carbonyl (C=O) groups is 1. The lowest BCUT2D eigenvalue weighted by molar-refractivity contribution is -0.126. The number of amides is 1. The van der Waals surface area contributed by atoms with Crippen LogP contribution in [0.15, 0.2) is 54.6 Å². The molecule has 1 fully saturated rings. The molecule has 0 unspecified atom stereocenters. The lowest BCUT2D eigenvalue weighted by Crippen LogP contribution is -2.49. The number of ether oxygens (including phenoxy) is 2. The van der Waals surface area contributed by atoms with Gasteiger partial charge in [0.2, 0.25) is 11.9 Å². The Bertz CT molecular complexity index is 1110. The zero-order valence-corrected chi connectivity index (χ0v) is 17.8. The van der Waals surface area contributed by atoms with Gasteiger partial charge in [0, 0.05) is 37.8 Å². The normalized spacial score (nSPS) is 14.2. The monoisotopic (exact) mass is 456 g/mol. The Morgan fingerprint density at radius 3 is 2.52 bits per heavy atom. The van der Waals surface area contributed by atoms with Crippen LogP contribution < -0.4 is 14.4 Å². The van der Waals surface area contributed by atoms with Crippen molar-refractivity contribution >= 4 is 17.9 Å². The van der Waals surface area contributed by atoms with Crippen molar-refractivity contribution in [3.05, 3.63) is 60.2 Å². The van der Waals surface area contributed by atoms with Crippen molar-refractivity contribution in [1.29, 1.82) is 0 Å². The van der Waals surface area contributed by atoms with E-state index in [0.717, 1.165) is 5.69 Å². The zero-order valence-electron chi connectivity index (χ0n) is 17.8. The number of alkyl halides is 2. The quantitative estimate of drug-likeness (QED) is 0.505. The Morgan fingerprint density at radius 2 is 1.82 bits per heavy atom. The van der Waals surface area contributed by atoms with Crippen LogP contribution in [0.4, 0.5) is 14.7 Å². The summed E-state index contributed by atoms with van der Waals surface area (Å²) in [5.74, 6) is 0.420. The van der Waals surface area contributed by atoms with Crippen molar-refractivity contribution in [2.24, 2.45) is 0 Å². The standard InChI is InChI=1S/C22H22F2N6O3/c1-32-18-9-5-6-16(20(18)33-21(23)24)10-11-19(31)28-12-14-29(15-13-28)22-25-26-27-30(22)17-7-3-2-4-8-17/h2-11,21H,12-15H2,1H3/b11-10+. The number of para-hydroxylation sites is 2. The first kappa shape index (κ1) is 22.2. The van der Waals surface area contributed by atoms with Gasteiger partial charge in [-0.05, 0) is 34.7 Å². The first-order valence-corrected chi connectivity index (χ1v) is 10.2. The molecular formula is C22H22F2N6O3. The number of nitrogens with zero attached hydrogens (tertiary/aromatic N) is 6. The average molecular weight is 456 g/mol. The topological polar surface area (TPSA) is 85.6 Å². The van der Waals surface area contributed by atoms with Gasteiger partial charge in [-0.1, -0.05) is 35.4 Å². The van der Waals surface area contributed by atoms with Gasteiger partial charge in [-0.3, -0.25) is 4.79 Å². The SMILES string of the molecule is COc1cccc(/C=C/C(=O)N2CCN(c3nnnn3-c3ccccc3)CC2)c1OC(F)F. The van der Waals surface area contributed by atoms with Crippen molar-refractivity contribution in [1.82, 2.24) is 25.1 Å². The van der Waals surface area contributed by atoms with Crippen LogP contribution >= 0.6 is 0 Å². The zero-order chi connectivity index (χ0) is 23.2. The van der Waals surface area contributed by atoms with Crippen LogP contribution in [0.3, 0.4) is 0 Å². The molecule has 0 bridgehead atoms. The van der Waals surface area contributed by atoms with E-state index in [2.05, 4.69) is 20.3 Å². The Kier molecular flexibility index (Phi) is 6.77. The van der Waals surface area contributed by atoms with Crippen molar-refractivity contribution in [2.45, 2.75) is 6.61 Å². The fraction of sp³-hybridized carbons (Fsp3) is 0.273. The molecule has 3 aromatic rings.